The van der Waals surface area contributed by atoms with Crippen LogP contribution in [0.1, 0.15) is 15.9 Å². The third kappa shape index (κ3) is 4.47. The molecule has 1 heterocycles. The lowest BCUT2D eigenvalue weighted by molar-refractivity contribution is 0.102. The fraction of sp³-hybridized carbons (Fsp3) is 0.0526. The summed E-state index contributed by atoms with van der Waals surface area (Å²) in [5.74, 6) is -0.473. The minimum atomic E-state index is -0.473. The van der Waals surface area contributed by atoms with E-state index < -0.39 is 5.91 Å². The van der Waals surface area contributed by atoms with Crippen molar-refractivity contribution in [2.24, 2.45) is 0 Å². The summed E-state index contributed by atoms with van der Waals surface area (Å²) in [6.07, 6.45) is 1.59. The lowest BCUT2D eigenvalue weighted by Crippen LogP contribution is -2.26. The number of anilines is 1. The molecular formula is C19H12Cl4N2O2. The molecule has 1 N–H and O–H groups in total. The minimum absolute atomic E-state index is 0.122. The zero-order valence-electron chi connectivity index (χ0n) is 13.7. The number of amides is 1. The molecule has 0 bridgehead atoms. The molecule has 0 atom stereocenters. The van der Waals surface area contributed by atoms with E-state index >= 15 is 0 Å². The van der Waals surface area contributed by atoms with Gasteiger partial charge in [0.1, 0.15) is 5.69 Å². The first-order valence-corrected chi connectivity index (χ1v) is 9.27. The SMILES string of the molecule is O=C(Nc1cccn(Cc2c(Cl)cccc2Cl)c1=O)c1ccc(Cl)c(Cl)c1. The van der Waals surface area contributed by atoms with Gasteiger partial charge in [-0.15, -0.1) is 0 Å². The molecule has 3 rings (SSSR count). The van der Waals surface area contributed by atoms with E-state index in [0.717, 1.165) is 0 Å². The number of nitrogens with zero attached hydrogens (tertiary/aromatic N) is 1. The Hall–Kier alpha value is -1.98. The molecule has 4 nitrogen and oxygen atoms in total. The molecule has 1 amide bonds. The smallest absolute Gasteiger partial charge is 0.274 e. The van der Waals surface area contributed by atoms with Crippen LogP contribution in [0.5, 0.6) is 0 Å². The average molecular weight is 442 g/mol. The van der Waals surface area contributed by atoms with Crippen LogP contribution < -0.4 is 10.9 Å². The summed E-state index contributed by atoms with van der Waals surface area (Å²) in [5.41, 5.74) is 0.642. The molecule has 0 spiro atoms. The van der Waals surface area contributed by atoms with E-state index in [1.165, 1.54) is 28.8 Å². The quantitative estimate of drug-likeness (QED) is 0.559. The van der Waals surface area contributed by atoms with Crippen molar-refractivity contribution in [3.63, 3.8) is 0 Å². The molecule has 0 saturated carbocycles. The second-order valence-corrected chi connectivity index (χ2v) is 7.27. The summed E-state index contributed by atoms with van der Waals surface area (Å²) in [6, 6.07) is 12.8. The van der Waals surface area contributed by atoms with Gasteiger partial charge in [0.15, 0.2) is 0 Å². The Balaban J connectivity index is 1.88. The molecule has 0 aliphatic heterocycles. The summed E-state index contributed by atoms with van der Waals surface area (Å²) in [4.78, 5) is 25.1. The minimum Gasteiger partial charge on any atom is -0.317 e. The molecular weight excluding hydrogens is 430 g/mol. The Morgan fingerprint density at radius 3 is 2.26 bits per heavy atom. The first-order chi connectivity index (χ1) is 12.9. The van der Waals surface area contributed by atoms with Crippen molar-refractivity contribution < 1.29 is 4.79 Å². The number of hydrogen-bond donors (Lipinski definition) is 1. The van der Waals surface area contributed by atoms with Gasteiger partial charge in [-0.25, -0.2) is 0 Å². The standard InChI is InChI=1S/C19H12Cl4N2O2/c20-13-3-1-4-14(21)12(13)10-25-8-2-5-17(19(25)27)24-18(26)11-6-7-15(22)16(23)9-11/h1-9H,10H2,(H,24,26). The van der Waals surface area contributed by atoms with Crippen molar-refractivity contribution in [3.05, 3.63) is 96.3 Å². The van der Waals surface area contributed by atoms with Crippen LogP contribution in [0, 0.1) is 0 Å². The summed E-state index contributed by atoms with van der Waals surface area (Å²) in [6.45, 7) is 0.174. The highest BCUT2D eigenvalue weighted by atomic mass is 35.5. The molecule has 0 saturated heterocycles. The second-order valence-electron chi connectivity index (χ2n) is 5.64. The van der Waals surface area contributed by atoms with Crippen molar-refractivity contribution in [1.29, 1.82) is 0 Å². The second kappa shape index (κ2) is 8.36. The van der Waals surface area contributed by atoms with Gasteiger partial charge in [-0.05, 0) is 42.5 Å². The third-order valence-corrected chi connectivity index (χ3v) is 5.29. The molecule has 2 aromatic carbocycles. The summed E-state index contributed by atoms with van der Waals surface area (Å²) in [5, 5.41) is 4.10. The maximum absolute atomic E-state index is 12.7. The number of nitrogens with one attached hydrogen (secondary N) is 1. The first kappa shape index (κ1) is 19.8. The zero-order chi connectivity index (χ0) is 19.6. The lowest BCUT2D eigenvalue weighted by Gasteiger charge is -2.12. The molecule has 27 heavy (non-hydrogen) atoms. The highest BCUT2D eigenvalue weighted by Gasteiger charge is 2.13. The average Bonchev–Trinajstić information content (AvgIpc) is 2.63. The number of halogens is 4. The van der Waals surface area contributed by atoms with Crippen LogP contribution >= 0.6 is 46.4 Å². The molecule has 1 aromatic heterocycles. The van der Waals surface area contributed by atoms with E-state index in [9.17, 15) is 9.59 Å². The molecule has 3 aromatic rings. The van der Waals surface area contributed by atoms with Gasteiger partial charge in [0.05, 0.1) is 16.6 Å². The maximum Gasteiger partial charge on any atom is 0.274 e. The molecule has 0 aliphatic carbocycles. The summed E-state index contributed by atoms with van der Waals surface area (Å²) >= 11 is 24.1. The van der Waals surface area contributed by atoms with Crippen molar-refractivity contribution in [3.8, 4) is 0 Å². The zero-order valence-corrected chi connectivity index (χ0v) is 16.7. The highest BCUT2D eigenvalue weighted by Crippen LogP contribution is 2.25. The third-order valence-electron chi connectivity index (χ3n) is 3.84. The fourth-order valence-corrected chi connectivity index (χ4v) is 3.26. The Morgan fingerprint density at radius 1 is 0.889 bits per heavy atom. The van der Waals surface area contributed by atoms with Gasteiger partial charge in [-0.2, -0.15) is 0 Å². The Bertz CT molecular complexity index is 1060. The normalized spacial score (nSPS) is 10.7. The van der Waals surface area contributed by atoms with Gasteiger partial charge in [-0.3, -0.25) is 9.59 Å². The van der Waals surface area contributed by atoms with Crippen molar-refractivity contribution in [1.82, 2.24) is 4.57 Å². The summed E-state index contributed by atoms with van der Waals surface area (Å²) < 4.78 is 1.41. The molecule has 138 valence electrons. The van der Waals surface area contributed by atoms with Crippen LogP contribution in [0.2, 0.25) is 20.1 Å². The number of aromatic nitrogens is 1. The predicted octanol–water partition coefficient (Wildman–Crippen LogP) is 5.76. The van der Waals surface area contributed by atoms with E-state index in [1.807, 2.05) is 0 Å². The van der Waals surface area contributed by atoms with E-state index in [4.69, 9.17) is 46.4 Å². The molecule has 8 heteroatoms. The van der Waals surface area contributed by atoms with Gasteiger partial charge in [0.2, 0.25) is 0 Å². The van der Waals surface area contributed by atoms with Gasteiger partial charge in [-0.1, -0.05) is 52.5 Å². The van der Waals surface area contributed by atoms with Gasteiger partial charge in [0.25, 0.3) is 11.5 Å². The Labute approximate surface area is 175 Å². The number of rotatable bonds is 4. The first-order valence-electron chi connectivity index (χ1n) is 7.75. The van der Waals surface area contributed by atoms with Gasteiger partial charge < -0.3 is 9.88 Å². The molecule has 0 fully saturated rings. The summed E-state index contributed by atoms with van der Waals surface area (Å²) in [7, 11) is 0. The maximum atomic E-state index is 12.7. The van der Waals surface area contributed by atoms with E-state index in [1.54, 1.807) is 30.5 Å². The molecule has 0 unspecified atom stereocenters. The van der Waals surface area contributed by atoms with Crippen molar-refractivity contribution >= 4 is 58.0 Å². The van der Waals surface area contributed by atoms with E-state index in [2.05, 4.69) is 5.32 Å². The van der Waals surface area contributed by atoms with Gasteiger partial charge >= 0.3 is 0 Å². The molecule has 0 radical (unpaired) electrons. The van der Waals surface area contributed by atoms with Crippen LogP contribution in [-0.2, 0) is 6.54 Å². The van der Waals surface area contributed by atoms with Crippen LogP contribution in [-0.4, -0.2) is 10.5 Å². The number of benzene rings is 2. The largest absolute Gasteiger partial charge is 0.317 e. The van der Waals surface area contributed by atoms with Crippen molar-refractivity contribution in [2.75, 3.05) is 5.32 Å². The topological polar surface area (TPSA) is 51.1 Å². The number of hydrogen-bond acceptors (Lipinski definition) is 2. The Kier molecular flexibility index (Phi) is 6.12. The predicted molar refractivity (Wildman–Crippen MR) is 111 cm³/mol. The van der Waals surface area contributed by atoms with E-state index in [-0.39, 0.29) is 28.4 Å². The number of carbonyl (C=O) groups is 1. The van der Waals surface area contributed by atoms with Crippen LogP contribution in [0.25, 0.3) is 0 Å². The van der Waals surface area contributed by atoms with Crippen LogP contribution in [0.4, 0.5) is 5.69 Å². The fourth-order valence-electron chi connectivity index (χ4n) is 2.44. The number of pyridine rings is 1. The lowest BCUT2D eigenvalue weighted by atomic mass is 10.2. The number of carbonyl (C=O) groups excluding carboxylic acids is 1. The Morgan fingerprint density at radius 2 is 1.59 bits per heavy atom. The van der Waals surface area contributed by atoms with Crippen molar-refractivity contribution in [2.45, 2.75) is 6.54 Å². The van der Waals surface area contributed by atoms with E-state index in [0.29, 0.717) is 20.6 Å². The monoisotopic (exact) mass is 440 g/mol. The molecule has 0 aliphatic rings. The highest BCUT2D eigenvalue weighted by molar-refractivity contribution is 6.42. The van der Waals surface area contributed by atoms with Gasteiger partial charge in [0, 0.05) is 27.4 Å². The van der Waals surface area contributed by atoms with Crippen LogP contribution in [0.15, 0.2) is 59.5 Å². The van der Waals surface area contributed by atoms with Crippen LogP contribution in [0.3, 0.4) is 0 Å².